The second-order valence-electron chi connectivity index (χ2n) is 10.5. The van der Waals surface area contributed by atoms with Gasteiger partial charge in [-0.25, -0.2) is 4.98 Å². The Morgan fingerprint density at radius 1 is 0.957 bits per heavy atom. The third-order valence-electron chi connectivity index (χ3n) is 7.25. The maximum atomic E-state index is 13.2. The van der Waals surface area contributed by atoms with Gasteiger partial charge < -0.3 is 25.4 Å². The highest BCUT2D eigenvalue weighted by Gasteiger charge is 2.45. The maximum Gasteiger partial charge on any atom is 0.264 e. The Bertz CT molecular complexity index is 1770. The van der Waals surface area contributed by atoms with Gasteiger partial charge in [-0.05, 0) is 55.8 Å². The van der Waals surface area contributed by atoms with Gasteiger partial charge in [0, 0.05) is 42.3 Å². The molecule has 5 N–H and O–H groups in total. The second-order valence-corrected chi connectivity index (χ2v) is 10.5. The van der Waals surface area contributed by atoms with E-state index in [1.807, 2.05) is 37.3 Å². The lowest BCUT2D eigenvalue weighted by molar-refractivity contribution is -0.136. The van der Waals surface area contributed by atoms with E-state index in [2.05, 4.69) is 41.4 Å². The first-order chi connectivity index (χ1) is 22.4. The van der Waals surface area contributed by atoms with Crippen molar-refractivity contribution in [2.75, 3.05) is 42.3 Å². The summed E-state index contributed by atoms with van der Waals surface area (Å²) < 4.78 is 11.4. The molecule has 0 radical (unpaired) electrons. The fourth-order valence-electron chi connectivity index (χ4n) is 5.11. The van der Waals surface area contributed by atoms with Gasteiger partial charge in [0.15, 0.2) is 5.82 Å². The summed E-state index contributed by atoms with van der Waals surface area (Å²) in [4.78, 5) is 59.7. The molecule has 4 amide bonds. The number of nitrogens with zero attached hydrogens (tertiary/aromatic N) is 4. The van der Waals surface area contributed by atoms with Crippen LogP contribution < -0.4 is 26.0 Å². The van der Waals surface area contributed by atoms with Crippen molar-refractivity contribution in [3.8, 4) is 5.75 Å². The first-order valence-electron chi connectivity index (χ1n) is 14.6. The van der Waals surface area contributed by atoms with Crippen LogP contribution in [-0.2, 0) is 14.3 Å². The van der Waals surface area contributed by atoms with Crippen molar-refractivity contribution in [3.63, 3.8) is 0 Å². The molecule has 6 rings (SSSR count). The number of piperidine rings is 1. The quantitative estimate of drug-likeness (QED) is 0.108. The van der Waals surface area contributed by atoms with Crippen LogP contribution >= 0.6 is 0 Å². The lowest BCUT2D eigenvalue weighted by Crippen LogP contribution is -2.54. The molecule has 0 saturated carbocycles. The van der Waals surface area contributed by atoms with E-state index in [1.165, 1.54) is 0 Å². The van der Waals surface area contributed by atoms with Crippen LogP contribution in [0.1, 0.15) is 39.3 Å². The smallest absolute Gasteiger partial charge is 0.264 e. The van der Waals surface area contributed by atoms with Crippen LogP contribution in [0.15, 0.2) is 60.8 Å². The normalized spacial score (nSPS) is 15.8. The summed E-state index contributed by atoms with van der Waals surface area (Å²) in [6.45, 7) is 3.27. The summed E-state index contributed by atoms with van der Waals surface area (Å²) in [6.07, 6.45) is 1.81. The van der Waals surface area contributed by atoms with Crippen molar-refractivity contribution in [1.82, 2.24) is 30.4 Å². The zero-order valence-corrected chi connectivity index (χ0v) is 24.8. The topological polar surface area (TPSA) is 193 Å². The molecule has 15 heteroatoms. The number of benzene rings is 2. The molecule has 1 unspecified atom stereocenters. The molecule has 0 spiro atoms. The molecule has 4 heterocycles. The fourth-order valence-corrected chi connectivity index (χ4v) is 5.11. The van der Waals surface area contributed by atoms with Crippen LogP contribution in [0.2, 0.25) is 0 Å². The number of ether oxygens (including phenoxy) is 2. The molecule has 1 saturated heterocycles. The number of H-pyrrole nitrogens is 1. The number of anilines is 5. The number of aromatic amines is 1. The molecule has 4 aromatic rings. The molecular formula is C31H31N9O6. The predicted molar refractivity (Wildman–Crippen MR) is 166 cm³/mol. The molecule has 236 valence electrons. The zero-order chi connectivity index (χ0) is 32.0. The Morgan fingerprint density at radius 2 is 1.80 bits per heavy atom. The largest absolute Gasteiger partial charge is 0.491 e. The number of imide groups is 2. The number of nitrogens with one attached hydrogen (secondary N) is 5. The van der Waals surface area contributed by atoms with Crippen LogP contribution in [-0.4, -0.2) is 81.1 Å². The van der Waals surface area contributed by atoms with Crippen molar-refractivity contribution in [2.45, 2.75) is 25.8 Å². The van der Waals surface area contributed by atoms with Crippen LogP contribution in [0.25, 0.3) is 0 Å². The molecule has 46 heavy (non-hydrogen) atoms. The highest BCUT2D eigenvalue weighted by molar-refractivity contribution is 6.25. The zero-order valence-electron chi connectivity index (χ0n) is 24.8. The number of carbonyl (C=O) groups excluding carboxylic acids is 4. The molecule has 2 aromatic carbocycles. The second kappa shape index (κ2) is 13.4. The number of hydrogen-bond donors (Lipinski definition) is 5. The number of aromatic nitrogens is 4. The minimum Gasteiger partial charge on any atom is -0.491 e. The molecule has 2 aliphatic heterocycles. The Morgan fingerprint density at radius 3 is 2.59 bits per heavy atom. The number of aryl methyl sites for hydroxylation is 1. The number of fused-ring (bicyclic) bond motifs is 1. The summed E-state index contributed by atoms with van der Waals surface area (Å²) in [5.41, 5.74) is 2.62. The van der Waals surface area contributed by atoms with Crippen molar-refractivity contribution >= 4 is 52.6 Å². The fraction of sp³-hybridized carbons (Fsp3) is 0.258. The standard InChI is InChI=1S/C31H31N9O6/c1-18-17-25(39-38-18)35-24-11-12-33-31(36-24)34-19-5-7-20(8-6-19)46-16-15-45-14-13-32-22-4-2-3-21-27(22)30(44)40(29(21)43)23-9-10-26(41)37-28(23)42/h2-8,11-12,17,23,32H,9-10,13-16H2,1H3,(H,37,41,42)(H3,33,34,35,36,38,39). The van der Waals surface area contributed by atoms with Gasteiger partial charge in [-0.2, -0.15) is 10.1 Å². The highest BCUT2D eigenvalue weighted by atomic mass is 16.5. The first kappa shape index (κ1) is 30.2. The molecule has 1 fully saturated rings. The molecule has 2 aromatic heterocycles. The maximum absolute atomic E-state index is 13.2. The molecule has 2 aliphatic rings. The van der Waals surface area contributed by atoms with Crippen molar-refractivity contribution in [3.05, 3.63) is 77.6 Å². The van der Waals surface area contributed by atoms with Crippen LogP contribution in [0.5, 0.6) is 5.75 Å². The predicted octanol–water partition coefficient (Wildman–Crippen LogP) is 2.90. The van der Waals surface area contributed by atoms with Gasteiger partial charge in [-0.15, -0.1) is 0 Å². The summed E-state index contributed by atoms with van der Waals surface area (Å²) in [5.74, 6) is 0.188. The summed E-state index contributed by atoms with van der Waals surface area (Å²) in [6, 6.07) is 14.9. The number of rotatable bonds is 13. The Labute approximate surface area is 263 Å². The lowest BCUT2D eigenvalue weighted by Gasteiger charge is -2.27. The van der Waals surface area contributed by atoms with Gasteiger partial charge in [-0.1, -0.05) is 6.07 Å². The van der Waals surface area contributed by atoms with Gasteiger partial charge in [0.2, 0.25) is 17.8 Å². The van der Waals surface area contributed by atoms with Crippen LogP contribution in [0.3, 0.4) is 0 Å². The van der Waals surface area contributed by atoms with Gasteiger partial charge in [0.05, 0.1) is 24.3 Å². The van der Waals surface area contributed by atoms with Gasteiger partial charge in [0.1, 0.15) is 24.2 Å². The van der Waals surface area contributed by atoms with E-state index in [4.69, 9.17) is 9.47 Å². The summed E-state index contributed by atoms with van der Waals surface area (Å²) >= 11 is 0. The molecular weight excluding hydrogens is 594 g/mol. The molecule has 15 nitrogen and oxygen atoms in total. The van der Waals surface area contributed by atoms with E-state index in [0.29, 0.717) is 55.4 Å². The van der Waals surface area contributed by atoms with Crippen molar-refractivity contribution < 1.29 is 28.7 Å². The van der Waals surface area contributed by atoms with E-state index >= 15 is 0 Å². The van der Waals surface area contributed by atoms with E-state index < -0.39 is 29.7 Å². The Balaban J connectivity index is 0.923. The van der Waals surface area contributed by atoms with Crippen molar-refractivity contribution in [2.24, 2.45) is 0 Å². The Hall–Kier alpha value is -5.83. The van der Waals surface area contributed by atoms with Gasteiger partial charge in [0.25, 0.3) is 11.8 Å². The number of hydrogen-bond acceptors (Lipinski definition) is 12. The molecule has 0 aliphatic carbocycles. The minimum absolute atomic E-state index is 0.0645. The van der Waals surface area contributed by atoms with Gasteiger partial charge in [-0.3, -0.25) is 34.5 Å². The van der Waals surface area contributed by atoms with E-state index in [1.54, 1.807) is 30.5 Å². The Kier molecular flexibility index (Phi) is 8.82. The van der Waals surface area contributed by atoms with Crippen LogP contribution in [0.4, 0.5) is 29.0 Å². The van der Waals surface area contributed by atoms with Crippen LogP contribution in [0, 0.1) is 6.92 Å². The number of carbonyl (C=O) groups is 4. The van der Waals surface area contributed by atoms with E-state index in [-0.39, 0.29) is 24.0 Å². The minimum atomic E-state index is -1.01. The lowest BCUT2D eigenvalue weighted by atomic mass is 10.0. The summed E-state index contributed by atoms with van der Waals surface area (Å²) in [7, 11) is 0. The van der Waals surface area contributed by atoms with E-state index in [0.717, 1.165) is 16.3 Å². The highest BCUT2D eigenvalue weighted by Crippen LogP contribution is 2.32. The molecule has 1 atom stereocenters. The summed E-state index contributed by atoms with van der Waals surface area (Å²) in [5, 5.41) is 18.6. The van der Waals surface area contributed by atoms with Gasteiger partial charge >= 0.3 is 0 Å². The monoisotopic (exact) mass is 625 g/mol. The molecule has 0 bridgehead atoms. The van der Waals surface area contributed by atoms with E-state index in [9.17, 15) is 19.2 Å². The first-order valence-corrected chi connectivity index (χ1v) is 14.6. The average molecular weight is 626 g/mol. The SMILES string of the molecule is Cc1cc(Nc2ccnc(Nc3ccc(OCCOCCNc4cccc5c4C(=O)N(C4CCC(=O)NC4=O)C5=O)cc3)n2)n[nH]1. The average Bonchev–Trinajstić information content (AvgIpc) is 3.57. The third-order valence-corrected chi connectivity index (χ3v) is 7.25. The number of amides is 4. The third kappa shape index (κ3) is 6.78. The van der Waals surface area contributed by atoms with Crippen molar-refractivity contribution in [1.29, 1.82) is 0 Å².